The minimum absolute atomic E-state index is 0.601. The zero-order valence-electron chi connectivity index (χ0n) is 10.4. The fourth-order valence-corrected chi connectivity index (χ4v) is 2.16. The molecule has 0 aromatic heterocycles. The van der Waals surface area contributed by atoms with Crippen molar-refractivity contribution in [3.05, 3.63) is 42.0 Å². The first-order chi connectivity index (χ1) is 8.36. The highest BCUT2D eigenvalue weighted by Gasteiger charge is 2.20. The Bertz CT molecular complexity index is 347. The Kier molecular flexibility index (Phi) is 4.77. The smallest absolute Gasteiger partial charge is 0.0506 e. The van der Waals surface area contributed by atoms with Gasteiger partial charge in [-0.1, -0.05) is 49.4 Å². The molecule has 17 heavy (non-hydrogen) atoms. The van der Waals surface area contributed by atoms with Gasteiger partial charge in [0.15, 0.2) is 0 Å². The Morgan fingerprint density at radius 1 is 1.35 bits per heavy atom. The molecule has 2 unspecified atom stereocenters. The molecule has 2 rings (SSSR count). The van der Waals surface area contributed by atoms with Gasteiger partial charge < -0.3 is 10.1 Å². The number of benzene rings is 1. The van der Waals surface area contributed by atoms with E-state index in [2.05, 4.69) is 48.7 Å². The minimum Gasteiger partial charge on any atom is -0.381 e. The molecular weight excluding hydrogens is 210 g/mol. The number of hydrogen-bond acceptors (Lipinski definition) is 2. The van der Waals surface area contributed by atoms with Crippen molar-refractivity contribution in [3.8, 4) is 0 Å². The zero-order valence-corrected chi connectivity index (χ0v) is 10.4. The molecule has 1 aromatic carbocycles. The second-order valence-electron chi connectivity index (χ2n) is 4.67. The Hall–Kier alpha value is -1.12. The average molecular weight is 231 g/mol. The van der Waals surface area contributed by atoms with E-state index in [1.165, 1.54) is 5.56 Å². The van der Waals surface area contributed by atoms with Crippen LogP contribution in [0.25, 0.3) is 6.08 Å². The van der Waals surface area contributed by atoms with Gasteiger partial charge in [-0.3, -0.25) is 0 Å². The molecule has 1 aliphatic heterocycles. The Morgan fingerprint density at radius 2 is 2.18 bits per heavy atom. The van der Waals surface area contributed by atoms with Gasteiger partial charge in [0.2, 0.25) is 0 Å². The Morgan fingerprint density at radius 3 is 2.94 bits per heavy atom. The van der Waals surface area contributed by atoms with Gasteiger partial charge in [0.25, 0.3) is 0 Å². The molecule has 0 bridgehead atoms. The summed E-state index contributed by atoms with van der Waals surface area (Å²) < 4.78 is 5.43. The topological polar surface area (TPSA) is 21.3 Å². The standard InChI is InChI=1S/C15H21NO/c1-13-12-17-11-9-15(13)16-10-5-8-14-6-3-2-4-7-14/h2-8,13,15-16H,9-12H2,1H3/b8-5+. The molecule has 2 atom stereocenters. The summed E-state index contributed by atoms with van der Waals surface area (Å²) in [5.41, 5.74) is 1.26. The molecule has 0 radical (unpaired) electrons. The van der Waals surface area contributed by atoms with E-state index < -0.39 is 0 Å². The summed E-state index contributed by atoms with van der Waals surface area (Å²) in [4.78, 5) is 0. The summed E-state index contributed by atoms with van der Waals surface area (Å²) >= 11 is 0. The van der Waals surface area contributed by atoms with Gasteiger partial charge in [-0.2, -0.15) is 0 Å². The van der Waals surface area contributed by atoms with Crippen molar-refractivity contribution in [1.82, 2.24) is 5.32 Å². The van der Waals surface area contributed by atoms with Crippen LogP contribution in [0.4, 0.5) is 0 Å². The molecule has 0 amide bonds. The summed E-state index contributed by atoms with van der Waals surface area (Å²) in [6.45, 7) is 4.96. The van der Waals surface area contributed by atoms with Crippen molar-refractivity contribution < 1.29 is 4.74 Å². The fourth-order valence-electron chi connectivity index (χ4n) is 2.16. The largest absolute Gasteiger partial charge is 0.381 e. The predicted octanol–water partition coefficient (Wildman–Crippen LogP) is 2.71. The molecule has 1 aromatic rings. The van der Waals surface area contributed by atoms with Crippen LogP contribution in [0.2, 0.25) is 0 Å². The summed E-state index contributed by atoms with van der Waals surface area (Å²) in [6, 6.07) is 11.0. The van der Waals surface area contributed by atoms with Crippen LogP contribution in [0, 0.1) is 5.92 Å². The molecule has 92 valence electrons. The van der Waals surface area contributed by atoms with Crippen LogP contribution in [0.3, 0.4) is 0 Å². The van der Waals surface area contributed by atoms with Gasteiger partial charge in [-0.15, -0.1) is 0 Å². The molecule has 1 fully saturated rings. The third-order valence-electron chi connectivity index (χ3n) is 3.25. The highest BCUT2D eigenvalue weighted by Crippen LogP contribution is 2.13. The maximum Gasteiger partial charge on any atom is 0.0506 e. The number of ether oxygens (including phenoxy) is 1. The summed E-state index contributed by atoms with van der Waals surface area (Å²) in [5.74, 6) is 0.619. The van der Waals surface area contributed by atoms with Crippen LogP contribution < -0.4 is 5.32 Å². The van der Waals surface area contributed by atoms with E-state index in [0.717, 1.165) is 26.2 Å². The number of hydrogen-bond donors (Lipinski definition) is 1. The second-order valence-corrected chi connectivity index (χ2v) is 4.67. The molecule has 0 saturated carbocycles. The maximum absolute atomic E-state index is 5.43. The first-order valence-electron chi connectivity index (χ1n) is 6.39. The highest BCUT2D eigenvalue weighted by atomic mass is 16.5. The zero-order chi connectivity index (χ0) is 11.9. The summed E-state index contributed by atoms with van der Waals surface area (Å²) in [6.07, 6.45) is 5.48. The van der Waals surface area contributed by atoms with Crippen LogP contribution in [0.15, 0.2) is 36.4 Å². The third kappa shape index (κ3) is 3.99. The lowest BCUT2D eigenvalue weighted by atomic mass is 9.98. The molecule has 1 heterocycles. The molecular formula is C15H21NO. The van der Waals surface area contributed by atoms with E-state index in [0.29, 0.717) is 12.0 Å². The van der Waals surface area contributed by atoms with E-state index in [1.807, 2.05) is 6.07 Å². The van der Waals surface area contributed by atoms with Gasteiger partial charge in [0.05, 0.1) is 6.61 Å². The van der Waals surface area contributed by atoms with Crippen molar-refractivity contribution in [2.24, 2.45) is 5.92 Å². The maximum atomic E-state index is 5.43. The van der Waals surface area contributed by atoms with Gasteiger partial charge in [-0.25, -0.2) is 0 Å². The van der Waals surface area contributed by atoms with Crippen molar-refractivity contribution in [2.45, 2.75) is 19.4 Å². The summed E-state index contributed by atoms with van der Waals surface area (Å²) in [5, 5.41) is 3.57. The van der Waals surface area contributed by atoms with Crippen molar-refractivity contribution in [2.75, 3.05) is 19.8 Å². The molecule has 2 heteroatoms. The molecule has 0 aliphatic carbocycles. The quantitative estimate of drug-likeness (QED) is 0.860. The Labute approximate surface area is 104 Å². The monoisotopic (exact) mass is 231 g/mol. The van der Waals surface area contributed by atoms with Crippen LogP contribution in [-0.4, -0.2) is 25.8 Å². The summed E-state index contributed by atoms with van der Waals surface area (Å²) in [7, 11) is 0. The lowest BCUT2D eigenvalue weighted by Gasteiger charge is -2.29. The van der Waals surface area contributed by atoms with E-state index in [-0.39, 0.29) is 0 Å². The highest BCUT2D eigenvalue weighted by molar-refractivity contribution is 5.48. The van der Waals surface area contributed by atoms with Gasteiger partial charge in [-0.05, 0) is 17.9 Å². The number of nitrogens with one attached hydrogen (secondary N) is 1. The molecule has 0 spiro atoms. The van der Waals surface area contributed by atoms with Crippen LogP contribution in [-0.2, 0) is 4.74 Å². The Balaban J connectivity index is 1.73. The molecule has 2 nitrogen and oxygen atoms in total. The first-order valence-corrected chi connectivity index (χ1v) is 6.39. The van der Waals surface area contributed by atoms with Crippen molar-refractivity contribution in [3.63, 3.8) is 0 Å². The lowest BCUT2D eigenvalue weighted by molar-refractivity contribution is 0.0401. The predicted molar refractivity (Wildman–Crippen MR) is 71.9 cm³/mol. The fraction of sp³-hybridized carbons (Fsp3) is 0.467. The van der Waals surface area contributed by atoms with Gasteiger partial charge in [0, 0.05) is 19.2 Å². The minimum atomic E-state index is 0.601. The normalized spacial score (nSPS) is 25.2. The number of rotatable bonds is 4. The molecule has 1 saturated heterocycles. The average Bonchev–Trinajstić information content (AvgIpc) is 2.38. The van der Waals surface area contributed by atoms with Crippen molar-refractivity contribution in [1.29, 1.82) is 0 Å². The van der Waals surface area contributed by atoms with Crippen molar-refractivity contribution >= 4 is 6.08 Å². The SMILES string of the molecule is CC1COCCC1NC/C=C/c1ccccc1. The van der Waals surface area contributed by atoms with Crippen LogP contribution in [0.1, 0.15) is 18.9 Å². The van der Waals surface area contributed by atoms with Crippen LogP contribution in [0.5, 0.6) is 0 Å². The van der Waals surface area contributed by atoms with E-state index in [1.54, 1.807) is 0 Å². The van der Waals surface area contributed by atoms with E-state index in [4.69, 9.17) is 4.74 Å². The van der Waals surface area contributed by atoms with E-state index in [9.17, 15) is 0 Å². The molecule has 1 N–H and O–H groups in total. The lowest BCUT2D eigenvalue weighted by Crippen LogP contribution is -2.41. The first kappa shape index (κ1) is 12.3. The van der Waals surface area contributed by atoms with Gasteiger partial charge >= 0.3 is 0 Å². The van der Waals surface area contributed by atoms with Crippen LogP contribution >= 0.6 is 0 Å². The third-order valence-corrected chi connectivity index (χ3v) is 3.25. The van der Waals surface area contributed by atoms with E-state index >= 15 is 0 Å². The molecule has 1 aliphatic rings. The van der Waals surface area contributed by atoms with Gasteiger partial charge in [0.1, 0.15) is 0 Å². The second kappa shape index (κ2) is 6.58.